The van der Waals surface area contributed by atoms with Gasteiger partial charge >= 0.3 is 0 Å². The lowest BCUT2D eigenvalue weighted by molar-refractivity contribution is 0.631. The molecular formula is C14H16BrFN4. The highest BCUT2D eigenvalue weighted by Crippen LogP contribution is 2.28. The maximum Gasteiger partial charge on any atom is 0.147 e. The molecular weight excluding hydrogens is 323 g/mol. The topological polar surface area (TPSA) is 49.8 Å². The molecule has 4 nitrogen and oxygen atoms in total. The molecule has 2 rings (SSSR count). The maximum absolute atomic E-state index is 13.8. The Morgan fingerprint density at radius 2 is 1.95 bits per heavy atom. The molecule has 0 spiro atoms. The Hall–Kier alpha value is -1.69. The molecule has 2 aromatic rings. The number of hydrogen-bond donors (Lipinski definition) is 2. The molecule has 0 amide bonds. The predicted molar refractivity (Wildman–Crippen MR) is 83.0 cm³/mol. The third-order valence-corrected chi connectivity index (χ3v) is 3.32. The summed E-state index contributed by atoms with van der Waals surface area (Å²) in [6.45, 7) is 4.74. The summed E-state index contributed by atoms with van der Waals surface area (Å²) >= 11 is 3.33. The fraction of sp³-hybridized carbons (Fsp3) is 0.286. The first-order valence-electron chi connectivity index (χ1n) is 6.47. The van der Waals surface area contributed by atoms with Gasteiger partial charge in [-0.3, -0.25) is 0 Å². The Kier molecular flexibility index (Phi) is 4.89. The first kappa shape index (κ1) is 14.7. The highest BCUT2D eigenvalue weighted by Gasteiger charge is 2.09. The average molecular weight is 339 g/mol. The first-order valence-corrected chi connectivity index (χ1v) is 7.26. The lowest BCUT2D eigenvalue weighted by Crippen LogP contribution is -2.06. The normalized spacial score (nSPS) is 10.4. The molecule has 0 unspecified atom stereocenters. The van der Waals surface area contributed by atoms with E-state index in [1.54, 1.807) is 18.2 Å². The predicted octanol–water partition coefficient (Wildman–Crippen LogP) is 4.12. The SMILES string of the molecule is CCNc1cc(Nc2c(F)cccc2Br)nc(CC)n1. The van der Waals surface area contributed by atoms with Crippen molar-refractivity contribution in [2.45, 2.75) is 20.3 Å². The van der Waals surface area contributed by atoms with E-state index in [0.717, 1.165) is 12.4 Å². The van der Waals surface area contributed by atoms with Gasteiger partial charge in [-0.2, -0.15) is 0 Å². The van der Waals surface area contributed by atoms with Crippen molar-refractivity contribution in [2.24, 2.45) is 0 Å². The van der Waals surface area contributed by atoms with Crippen LogP contribution in [0.2, 0.25) is 0 Å². The molecule has 1 aromatic heterocycles. The van der Waals surface area contributed by atoms with Gasteiger partial charge in [0.15, 0.2) is 0 Å². The van der Waals surface area contributed by atoms with Crippen molar-refractivity contribution in [3.63, 3.8) is 0 Å². The zero-order valence-corrected chi connectivity index (χ0v) is 13.0. The minimum absolute atomic E-state index is 0.332. The van der Waals surface area contributed by atoms with Gasteiger partial charge < -0.3 is 10.6 Å². The van der Waals surface area contributed by atoms with Crippen LogP contribution in [0.15, 0.2) is 28.7 Å². The summed E-state index contributed by atoms with van der Waals surface area (Å²) < 4.78 is 14.5. The first-order chi connectivity index (χ1) is 9.63. The van der Waals surface area contributed by atoms with Crippen molar-refractivity contribution in [1.82, 2.24) is 9.97 Å². The number of hydrogen-bond acceptors (Lipinski definition) is 4. The fourth-order valence-corrected chi connectivity index (χ4v) is 2.18. The smallest absolute Gasteiger partial charge is 0.147 e. The summed E-state index contributed by atoms with van der Waals surface area (Å²) in [5.41, 5.74) is 0.371. The van der Waals surface area contributed by atoms with Crippen LogP contribution in [-0.4, -0.2) is 16.5 Å². The standard InChI is InChI=1S/C14H16BrFN4/c1-3-11-18-12(17-4-2)8-13(19-11)20-14-9(15)6-5-7-10(14)16/h5-8H,3-4H2,1-2H3,(H2,17,18,19,20). The molecule has 1 aromatic carbocycles. The van der Waals surface area contributed by atoms with E-state index in [0.29, 0.717) is 28.2 Å². The van der Waals surface area contributed by atoms with E-state index in [2.05, 4.69) is 36.5 Å². The Labute approximate surface area is 126 Å². The van der Waals surface area contributed by atoms with Gasteiger partial charge in [-0.05, 0) is 35.0 Å². The summed E-state index contributed by atoms with van der Waals surface area (Å²) in [5, 5.41) is 6.14. The van der Waals surface area contributed by atoms with Crippen molar-refractivity contribution in [1.29, 1.82) is 0 Å². The molecule has 0 radical (unpaired) electrons. The molecule has 0 aliphatic heterocycles. The third kappa shape index (κ3) is 3.45. The summed E-state index contributed by atoms with van der Waals surface area (Å²) in [6.07, 6.45) is 0.715. The van der Waals surface area contributed by atoms with Crippen LogP contribution < -0.4 is 10.6 Å². The maximum atomic E-state index is 13.8. The minimum atomic E-state index is -0.332. The second kappa shape index (κ2) is 6.65. The Balaban J connectivity index is 2.35. The molecule has 1 heterocycles. The van der Waals surface area contributed by atoms with Crippen molar-refractivity contribution in [3.05, 3.63) is 40.4 Å². The van der Waals surface area contributed by atoms with Crippen molar-refractivity contribution < 1.29 is 4.39 Å². The second-order valence-corrected chi connectivity index (χ2v) is 5.01. The van der Waals surface area contributed by atoms with Crippen LogP contribution in [0, 0.1) is 5.82 Å². The van der Waals surface area contributed by atoms with Crippen molar-refractivity contribution in [2.75, 3.05) is 17.2 Å². The van der Waals surface area contributed by atoms with E-state index in [1.165, 1.54) is 6.07 Å². The van der Waals surface area contributed by atoms with E-state index in [1.807, 2.05) is 13.8 Å². The zero-order valence-electron chi connectivity index (χ0n) is 11.4. The summed E-state index contributed by atoms with van der Waals surface area (Å²) in [4.78, 5) is 8.72. The number of rotatable bonds is 5. The molecule has 0 saturated heterocycles. The zero-order chi connectivity index (χ0) is 14.5. The third-order valence-electron chi connectivity index (χ3n) is 2.66. The van der Waals surface area contributed by atoms with Gasteiger partial charge in [0, 0.05) is 23.5 Å². The van der Waals surface area contributed by atoms with E-state index in [9.17, 15) is 4.39 Å². The van der Waals surface area contributed by atoms with E-state index in [4.69, 9.17) is 0 Å². The van der Waals surface area contributed by atoms with Crippen LogP contribution in [0.25, 0.3) is 0 Å². The molecule has 0 fully saturated rings. The van der Waals surface area contributed by atoms with Gasteiger partial charge in [0.1, 0.15) is 23.3 Å². The molecule has 20 heavy (non-hydrogen) atoms. The number of nitrogens with one attached hydrogen (secondary N) is 2. The Morgan fingerprint density at radius 1 is 1.20 bits per heavy atom. The molecule has 6 heteroatoms. The largest absolute Gasteiger partial charge is 0.370 e. The van der Waals surface area contributed by atoms with Gasteiger partial charge in [-0.15, -0.1) is 0 Å². The number of aryl methyl sites for hydroxylation is 1. The van der Waals surface area contributed by atoms with E-state index >= 15 is 0 Å². The molecule has 0 atom stereocenters. The number of aromatic nitrogens is 2. The van der Waals surface area contributed by atoms with Crippen LogP contribution >= 0.6 is 15.9 Å². The lowest BCUT2D eigenvalue weighted by Gasteiger charge is -2.11. The van der Waals surface area contributed by atoms with Crippen LogP contribution in [0.5, 0.6) is 0 Å². The molecule has 106 valence electrons. The fourth-order valence-electron chi connectivity index (χ4n) is 1.74. The summed E-state index contributed by atoms with van der Waals surface area (Å²) in [6, 6.07) is 6.59. The molecule has 0 aliphatic carbocycles. The van der Waals surface area contributed by atoms with E-state index in [-0.39, 0.29) is 5.82 Å². The number of nitrogens with zero attached hydrogens (tertiary/aromatic N) is 2. The summed E-state index contributed by atoms with van der Waals surface area (Å²) in [5.74, 6) is 1.67. The van der Waals surface area contributed by atoms with Crippen LogP contribution in [0.1, 0.15) is 19.7 Å². The van der Waals surface area contributed by atoms with Gasteiger partial charge in [-0.1, -0.05) is 13.0 Å². The Morgan fingerprint density at radius 3 is 2.60 bits per heavy atom. The number of benzene rings is 1. The second-order valence-electron chi connectivity index (χ2n) is 4.16. The summed E-state index contributed by atoms with van der Waals surface area (Å²) in [7, 11) is 0. The molecule has 0 bridgehead atoms. The van der Waals surface area contributed by atoms with Gasteiger partial charge in [0.2, 0.25) is 0 Å². The highest BCUT2D eigenvalue weighted by molar-refractivity contribution is 9.10. The number of anilines is 3. The highest BCUT2D eigenvalue weighted by atomic mass is 79.9. The van der Waals surface area contributed by atoms with Crippen LogP contribution in [0.4, 0.5) is 21.7 Å². The quantitative estimate of drug-likeness (QED) is 0.861. The monoisotopic (exact) mass is 338 g/mol. The number of para-hydroxylation sites is 1. The molecule has 0 saturated carbocycles. The minimum Gasteiger partial charge on any atom is -0.370 e. The van der Waals surface area contributed by atoms with Crippen LogP contribution in [0.3, 0.4) is 0 Å². The average Bonchev–Trinajstić information content (AvgIpc) is 2.43. The molecule has 0 aliphatic rings. The van der Waals surface area contributed by atoms with Gasteiger partial charge in [0.05, 0.1) is 5.69 Å². The van der Waals surface area contributed by atoms with E-state index < -0.39 is 0 Å². The lowest BCUT2D eigenvalue weighted by atomic mass is 10.3. The van der Waals surface area contributed by atoms with Crippen molar-refractivity contribution in [3.8, 4) is 0 Å². The number of halogens is 2. The van der Waals surface area contributed by atoms with Crippen molar-refractivity contribution >= 4 is 33.3 Å². The molecule has 2 N–H and O–H groups in total. The van der Waals surface area contributed by atoms with Crippen LogP contribution in [-0.2, 0) is 6.42 Å². The Bertz CT molecular complexity index is 583. The van der Waals surface area contributed by atoms with Gasteiger partial charge in [-0.25, -0.2) is 14.4 Å². The van der Waals surface area contributed by atoms with Gasteiger partial charge in [0.25, 0.3) is 0 Å².